The molecule has 0 unspecified atom stereocenters. The van der Waals surface area contributed by atoms with Crippen molar-refractivity contribution in [2.75, 3.05) is 7.05 Å². The van der Waals surface area contributed by atoms with Crippen molar-refractivity contribution in [3.8, 4) is 6.07 Å². The Morgan fingerprint density at radius 1 is 1.80 bits per heavy atom. The Kier molecular flexibility index (Phi) is 2.91. The Balaban J connectivity index is 4.68. The molecule has 0 aliphatic heterocycles. The van der Waals surface area contributed by atoms with Crippen LogP contribution in [0.4, 0.5) is 0 Å². The maximum atomic E-state index is 10.0. The van der Waals surface area contributed by atoms with Gasteiger partial charge < -0.3 is 5.32 Å². The summed E-state index contributed by atoms with van der Waals surface area (Å²) in [5, 5.41) is 20.7. The zero-order valence-corrected chi connectivity index (χ0v) is 5.71. The van der Waals surface area contributed by atoms with Gasteiger partial charge in [0.05, 0.1) is 10.6 Å². The van der Waals surface area contributed by atoms with Crippen molar-refractivity contribution in [2.24, 2.45) is 0 Å². The second-order valence-corrected chi connectivity index (χ2v) is 1.59. The number of nitro groups is 1. The summed E-state index contributed by atoms with van der Waals surface area (Å²) in [5.41, 5.74) is -0.171. The molecule has 0 saturated carbocycles. The number of allylic oxidation sites excluding steroid dienone is 2. The van der Waals surface area contributed by atoms with Gasteiger partial charge in [-0.05, 0) is 6.92 Å². The van der Waals surface area contributed by atoms with Gasteiger partial charge in [-0.2, -0.15) is 5.26 Å². The molecule has 5 heteroatoms. The molecule has 0 bridgehead atoms. The van der Waals surface area contributed by atoms with E-state index in [9.17, 15) is 10.1 Å². The van der Waals surface area contributed by atoms with Crippen molar-refractivity contribution in [1.82, 2.24) is 5.32 Å². The highest BCUT2D eigenvalue weighted by Crippen LogP contribution is 1.98. The summed E-state index contributed by atoms with van der Waals surface area (Å²) >= 11 is 0. The largest absolute Gasteiger partial charge is 0.385 e. The van der Waals surface area contributed by atoms with Crippen LogP contribution in [0.3, 0.4) is 0 Å². The summed E-state index contributed by atoms with van der Waals surface area (Å²) in [7, 11) is 1.52. The number of nitrogens with zero attached hydrogens (tertiary/aromatic N) is 2. The summed E-state index contributed by atoms with van der Waals surface area (Å²) in [4.78, 5) is 9.30. The summed E-state index contributed by atoms with van der Waals surface area (Å²) in [6.07, 6.45) is 0. The number of nitrogens with one attached hydrogen (secondary N) is 1. The summed E-state index contributed by atoms with van der Waals surface area (Å²) in [5.74, 6) is 0. The zero-order chi connectivity index (χ0) is 8.15. The third kappa shape index (κ3) is 1.74. The van der Waals surface area contributed by atoms with Crippen LogP contribution in [0.25, 0.3) is 0 Å². The van der Waals surface area contributed by atoms with Crippen molar-refractivity contribution in [1.29, 1.82) is 5.26 Å². The van der Waals surface area contributed by atoms with Crippen LogP contribution in [0.5, 0.6) is 0 Å². The van der Waals surface area contributed by atoms with Crippen molar-refractivity contribution in [3.05, 3.63) is 21.5 Å². The topological polar surface area (TPSA) is 79.0 Å². The minimum Gasteiger partial charge on any atom is -0.385 e. The predicted octanol–water partition coefficient (Wildman–Crippen LogP) is 0.238. The Morgan fingerprint density at radius 2 is 2.30 bits per heavy atom. The van der Waals surface area contributed by atoms with Gasteiger partial charge in [-0.25, -0.2) is 0 Å². The molecule has 0 aliphatic carbocycles. The maximum Gasteiger partial charge on any atom is 0.363 e. The van der Waals surface area contributed by atoms with Crippen LogP contribution in [0.1, 0.15) is 6.92 Å². The molecule has 54 valence electrons. The molecule has 0 aromatic carbocycles. The van der Waals surface area contributed by atoms with Gasteiger partial charge in [0.2, 0.25) is 0 Å². The number of rotatable bonds is 2. The van der Waals surface area contributed by atoms with E-state index in [-0.39, 0.29) is 5.70 Å². The van der Waals surface area contributed by atoms with Gasteiger partial charge in [0.15, 0.2) is 6.07 Å². The number of hydrogen-bond acceptors (Lipinski definition) is 4. The first-order valence-corrected chi connectivity index (χ1v) is 2.56. The quantitative estimate of drug-likeness (QED) is 0.339. The Labute approximate surface area is 58.1 Å². The SMILES string of the molecule is CN/C(C)=C(\C#N)[N+](=O)[O-]. The molecule has 0 atom stereocenters. The smallest absolute Gasteiger partial charge is 0.363 e. The van der Waals surface area contributed by atoms with Gasteiger partial charge in [0.25, 0.3) is 0 Å². The fourth-order valence-corrected chi connectivity index (χ4v) is 0.380. The lowest BCUT2D eigenvalue weighted by molar-refractivity contribution is -0.419. The van der Waals surface area contributed by atoms with Crippen LogP contribution >= 0.6 is 0 Å². The number of hydrogen-bond donors (Lipinski definition) is 1. The Morgan fingerprint density at radius 3 is 2.40 bits per heavy atom. The second-order valence-electron chi connectivity index (χ2n) is 1.59. The molecule has 1 N–H and O–H groups in total. The Hall–Kier alpha value is -1.57. The molecule has 0 saturated heterocycles. The zero-order valence-electron chi connectivity index (χ0n) is 5.71. The minimum atomic E-state index is -0.716. The van der Waals surface area contributed by atoms with Crippen molar-refractivity contribution >= 4 is 0 Å². The van der Waals surface area contributed by atoms with Gasteiger partial charge in [0, 0.05) is 7.05 Å². The third-order valence-electron chi connectivity index (χ3n) is 1.02. The molecule has 5 nitrogen and oxygen atoms in total. The van der Waals surface area contributed by atoms with Crippen LogP contribution in [0.2, 0.25) is 0 Å². The van der Waals surface area contributed by atoms with Gasteiger partial charge >= 0.3 is 5.70 Å². The summed E-state index contributed by atoms with van der Waals surface area (Å²) < 4.78 is 0. The maximum absolute atomic E-state index is 10.0. The molecular formula is C5H7N3O2. The Bertz CT molecular complexity index is 213. The molecule has 0 aromatic heterocycles. The number of nitriles is 1. The molecule has 10 heavy (non-hydrogen) atoms. The first-order chi connectivity index (χ1) is 4.63. The highest BCUT2D eigenvalue weighted by Gasteiger charge is 2.12. The van der Waals surface area contributed by atoms with E-state index in [2.05, 4.69) is 5.32 Å². The van der Waals surface area contributed by atoms with E-state index >= 15 is 0 Å². The fourth-order valence-electron chi connectivity index (χ4n) is 0.380. The monoisotopic (exact) mass is 141 g/mol. The van der Waals surface area contributed by atoms with Crippen LogP contribution in [-0.2, 0) is 0 Å². The van der Waals surface area contributed by atoms with E-state index < -0.39 is 10.6 Å². The van der Waals surface area contributed by atoms with Crippen LogP contribution in [0.15, 0.2) is 11.4 Å². The summed E-state index contributed by atoms with van der Waals surface area (Å²) in [6, 6.07) is 1.47. The third-order valence-corrected chi connectivity index (χ3v) is 1.02. The second kappa shape index (κ2) is 3.45. The van der Waals surface area contributed by atoms with E-state index in [1.54, 1.807) is 0 Å². The van der Waals surface area contributed by atoms with E-state index in [4.69, 9.17) is 5.26 Å². The normalized spacial score (nSPS) is 11.3. The highest BCUT2D eigenvalue weighted by atomic mass is 16.6. The van der Waals surface area contributed by atoms with Crippen LogP contribution < -0.4 is 5.32 Å². The van der Waals surface area contributed by atoms with E-state index in [0.29, 0.717) is 0 Å². The van der Waals surface area contributed by atoms with Crippen molar-refractivity contribution in [3.63, 3.8) is 0 Å². The molecule has 0 spiro atoms. The fraction of sp³-hybridized carbons (Fsp3) is 0.400. The molecule has 0 heterocycles. The minimum absolute atomic E-state index is 0.271. The van der Waals surface area contributed by atoms with Crippen LogP contribution in [-0.4, -0.2) is 12.0 Å². The van der Waals surface area contributed by atoms with E-state index in [1.807, 2.05) is 0 Å². The lowest BCUT2D eigenvalue weighted by Crippen LogP contribution is -2.09. The molecule has 0 amide bonds. The predicted molar refractivity (Wildman–Crippen MR) is 34.4 cm³/mol. The first kappa shape index (κ1) is 8.43. The molecule has 0 rings (SSSR count). The average molecular weight is 141 g/mol. The van der Waals surface area contributed by atoms with Gasteiger partial charge in [-0.15, -0.1) is 0 Å². The highest BCUT2D eigenvalue weighted by molar-refractivity contribution is 5.17. The lowest BCUT2D eigenvalue weighted by atomic mass is 10.4. The molecule has 0 aliphatic rings. The van der Waals surface area contributed by atoms with Gasteiger partial charge in [0.1, 0.15) is 0 Å². The van der Waals surface area contributed by atoms with Crippen molar-refractivity contribution in [2.45, 2.75) is 6.92 Å². The van der Waals surface area contributed by atoms with Crippen LogP contribution in [0, 0.1) is 21.4 Å². The lowest BCUT2D eigenvalue weighted by Gasteiger charge is -1.94. The van der Waals surface area contributed by atoms with Crippen molar-refractivity contribution < 1.29 is 4.92 Å². The van der Waals surface area contributed by atoms with E-state index in [0.717, 1.165) is 0 Å². The molecule has 0 aromatic rings. The van der Waals surface area contributed by atoms with E-state index in [1.165, 1.54) is 20.0 Å². The first-order valence-electron chi connectivity index (χ1n) is 2.56. The molecule has 0 fully saturated rings. The average Bonchev–Trinajstić information content (AvgIpc) is 1.88. The van der Waals surface area contributed by atoms with Gasteiger partial charge in [-0.3, -0.25) is 10.1 Å². The standard InChI is InChI=1S/C5H7N3O2/c1-4(7-2)5(3-6)8(9)10/h7H,1-2H3/b5-4+. The summed E-state index contributed by atoms with van der Waals surface area (Å²) in [6.45, 7) is 1.47. The molecule has 0 radical (unpaired) electrons. The molecular weight excluding hydrogens is 134 g/mol. The van der Waals surface area contributed by atoms with Gasteiger partial charge in [-0.1, -0.05) is 0 Å².